The summed E-state index contributed by atoms with van der Waals surface area (Å²) < 4.78 is 12.0. The maximum absolute atomic E-state index is 11.9. The molecule has 0 radical (unpaired) electrons. The monoisotopic (exact) mass is 531 g/mol. The molecular weight excluding hydrogens is 498 g/mol. The molecule has 2 N–H and O–H groups in total. The van der Waals surface area contributed by atoms with Gasteiger partial charge in [-0.05, 0) is 62.1 Å². The minimum absolute atomic E-state index is 0.258. The number of anilines is 3. The highest BCUT2D eigenvalue weighted by atomic mass is 16.5. The number of piperazine rings is 1. The number of piperidine rings is 1. The summed E-state index contributed by atoms with van der Waals surface area (Å²) in [6.07, 6.45) is 3.84. The summed E-state index contributed by atoms with van der Waals surface area (Å²) >= 11 is 0. The Bertz CT molecular complexity index is 1410. The molecule has 4 aromatic rings. The molecule has 3 aromatic heterocycles. The molecule has 1 aromatic carbocycles. The van der Waals surface area contributed by atoms with Crippen molar-refractivity contribution in [3.05, 3.63) is 48.2 Å². The van der Waals surface area contributed by atoms with Crippen molar-refractivity contribution in [1.82, 2.24) is 29.5 Å². The molecule has 0 bridgehead atoms. The van der Waals surface area contributed by atoms with E-state index in [9.17, 15) is 4.79 Å². The lowest BCUT2D eigenvalue weighted by Gasteiger charge is -2.40. The van der Waals surface area contributed by atoms with Crippen LogP contribution in [0, 0.1) is 5.92 Å². The lowest BCUT2D eigenvalue weighted by molar-refractivity contribution is 0.0526. The Morgan fingerprint density at radius 3 is 2.62 bits per heavy atom. The number of ether oxygens (including phenoxy) is 1. The standard InChI is InChI=1S/C27H33N9O3/c1-2-38-24(37)20-7-9-21(10-8-20)34-14-12-33(13-15-34)17-19-5-3-11-35(18-19)26-30-25(28)36-27(31-26)29-23(32-36)22-6-4-16-39-22/h4,6-10,16,19H,2-3,5,11-15,17-18H2,1H3,(H2,28,29,30,31,32). The number of hydrogen-bond acceptors (Lipinski definition) is 11. The molecule has 0 aliphatic carbocycles. The third-order valence-corrected chi connectivity index (χ3v) is 7.40. The maximum atomic E-state index is 11.9. The first-order valence-electron chi connectivity index (χ1n) is 13.5. The van der Waals surface area contributed by atoms with Crippen LogP contribution in [0.4, 0.5) is 17.6 Å². The molecule has 1 unspecified atom stereocenters. The van der Waals surface area contributed by atoms with Crippen molar-refractivity contribution in [2.45, 2.75) is 19.8 Å². The van der Waals surface area contributed by atoms with Crippen LogP contribution in [-0.2, 0) is 4.74 Å². The molecule has 0 amide bonds. The Morgan fingerprint density at radius 2 is 1.87 bits per heavy atom. The zero-order valence-corrected chi connectivity index (χ0v) is 22.1. The number of carbonyl (C=O) groups is 1. The lowest BCUT2D eigenvalue weighted by Crippen LogP contribution is -2.49. The van der Waals surface area contributed by atoms with Crippen LogP contribution in [0.15, 0.2) is 47.1 Å². The molecule has 6 rings (SSSR count). The van der Waals surface area contributed by atoms with Crippen LogP contribution in [0.1, 0.15) is 30.1 Å². The number of nitrogen functional groups attached to an aromatic ring is 1. The molecule has 0 saturated carbocycles. The summed E-state index contributed by atoms with van der Waals surface area (Å²) in [5.41, 5.74) is 7.96. The van der Waals surface area contributed by atoms with Gasteiger partial charge in [0, 0.05) is 51.5 Å². The van der Waals surface area contributed by atoms with Crippen LogP contribution in [-0.4, -0.2) is 87.9 Å². The molecule has 1 atom stereocenters. The number of nitrogens with two attached hydrogens (primary N) is 1. The number of nitrogens with zero attached hydrogens (tertiary/aromatic N) is 8. The van der Waals surface area contributed by atoms with Gasteiger partial charge >= 0.3 is 5.97 Å². The molecule has 12 heteroatoms. The fourth-order valence-electron chi connectivity index (χ4n) is 5.42. The quantitative estimate of drug-likeness (QED) is 0.353. The molecule has 2 aliphatic heterocycles. The normalized spacial score (nSPS) is 18.5. The van der Waals surface area contributed by atoms with E-state index in [0.717, 1.165) is 57.9 Å². The van der Waals surface area contributed by atoms with Crippen molar-refractivity contribution < 1.29 is 13.9 Å². The van der Waals surface area contributed by atoms with Gasteiger partial charge in [-0.25, -0.2) is 4.79 Å². The van der Waals surface area contributed by atoms with Crippen molar-refractivity contribution in [3.8, 4) is 11.6 Å². The average Bonchev–Trinajstić information content (AvgIpc) is 3.65. The smallest absolute Gasteiger partial charge is 0.338 e. The van der Waals surface area contributed by atoms with E-state index in [1.54, 1.807) is 18.4 Å². The van der Waals surface area contributed by atoms with Crippen LogP contribution >= 0.6 is 0 Å². The average molecular weight is 532 g/mol. The number of carbonyl (C=O) groups excluding carboxylic acids is 1. The highest BCUT2D eigenvalue weighted by Gasteiger charge is 2.27. The van der Waals surface area contributed by atoms with Crippen LogP contribution in [0.3, 0.4) is 0 Å². The van der Waals surface area contributed by atoms with E-state index in [-0.39, 0.29) is 11.9 Å². The number of rotatable bonds is 7. The summed E-state index contributed by atoms with van der Waals surface area (Å²) in [7, 11) is 0. The van der Waals surface area contributed by atoms with Gasteiger partial charge in [-0.2, -0.15) is 19.5 Å². The van der Waals surface area contributed by atoms with Gasteiger partial charge in [0.15, 0.2) is 5.76 Å². The summed E-state index contributed by atoms with van der Waals surface area (Å²) in [6.45, 7) is 8.92. The Hall–Kier alpha value is -4.19. The topological polar surface area (TPSA) is 131 Å². The van der Waals surface area contributed by atoms with Crippen molar-refractivity contribution in [2.24, 2.45) is 5.92 Å². The van der Waals surface area contributed by atoms with Crippen molar-refractivity contribution in [1.29, 1.82) is 0 Å². The molecule has 2 aliphatic rings. The molecule has 2 fully saturated rings. The van der Waals surface area contributed by atoms with E-state index >= 15 is 0 Å². The minimum atomic E-state index is -0.275. The number of fused-ring (bicyclic) bond motifs is 1. The molecule has 39 heavy (non-hydrogen) atoms. The fourth-order valence-corrected chi connectivity index (χ4v) is 5.42. The molecule has 2 saturated heterocycles. The van der Waals surface area contributed by atoms with E-state index in [2.05, 4.69) is 34.8 Å². The Kier molecular flexibility index (Phi) is 7.01. The van der Waals surface area contributed by atoms with Gasteiger partial charge < -0.3 is 24.7 Å². The minimum Gasteiger partial charge on any atom is -0.462 e. The van der Waals surface area contributed by atoms with E-state index in [4.69, 9.17) is 14.9 Å². The Balaban J connectivity index is 1.05. The molecular formula is C27H33N9O3. The van der Waals surface area contributed by atoms with Crippen molar-refractivity contribution >= 4 is 29.3 Å². The number of furan rings is 1. The van der Waals surface area contributed by atoms with Gasteiger partial charge in [-0.3, -0.25) is 4.90 Å². The fraction of sp³-hybridized carbons (Fsp3) is 0.444. The van der Waals surface area contributed by atoms with Gasteiger partial charge in [-0.15, -0.1) is 5.10 Å². The number of esters is 1. The first-order chi connectivity index (χ1) is 19.1. The van der Waals surface area contributed by atoms with Crippen LogP contribution in [0.25, 0.3) is 17.4 Å². The summed E-state index contributed by atoms with van der Waals surface area (Å²) in [5, 5.41) is 4.39. The molecule has 12 nitrogen and oxygen atoms in total. The second kappa shape index (κ2) is 10.9. The lowest BCUT2D eigenvalue weighted by atomic mass is 9.97. The Labute approximate surface area is 226 Å². The zero-order chi connectivity index (χ0) is 26.8. The van der Waals surface area contributed by atoms with Crippen molar-refractivity contribution in [2.75, 3.05) is 68.0 Å². The maximum Gasteiger partial charge on any atom is 0.338 e. The first kappa shape index (κ1) is 25.1. The number of hydrogen-bond donors (Lipinski definition) is 1. The van der Waals surface area contributed by atoms with Crippen LogP contribution < -0.4 is 15.5 Å². The second-order valence-electron chi connectivity index (χ2n) is 10.0. The van der Waals surface area contributed by atoms with Crippen LogP contribution in [0.2, 0.25) is 0 Å². The predicted molar refractivity (Wildman–Crippen MR) is 147 cm³/mol. The van der Waals surface area contributed by atoms with Gasteiger partial charge in [0.1, 0.15) is 0 Å². The van der Waals surface area contributed by atoms with E-state index in [1.165, 1.54) is 10.9 Å². The third kappa shape index (κ3) is 5.37. The largest absolute Gasteiger partial charge is 0.462 e. The highest BCUT2D eigenvalue weighted by molar-refractivity contribution is 5.89. The van der Waals surface area contributed by atoms with E-state index in [1.807, 2.05) is 31.2 Å². The molecule has 0 spiro atoms. The van der Waals surface area contributed by atoms with E-state index < -0.39 is 0 Å². The third-order valence-electron chi connectivity index (χ3n) is 7.40. The van der Waals surface area contributed by atoms with Gasteiger partial charge in [-0.1, -0.05) is 0 Å². The first-order valence-corrected chi connectivity index (χ1v) is 13.5. The molecule has 204 valence electrons. The summed E-state index contributed by atoms with van der Waals surface area (Å²) in [4.78, 5) is 32.8. The number of benzene rings is 1. The highest BCUT2D eigenvalue weighted by Crippen LogP contribution is 2.25. The second-order valence-corrected chi connectivity index (χ2v) is 10.0. The Morgan fingerprint density at radius 1 is 1.05 bits per heavy atom. The summed E-state index contributed by atoms with van der Waals surface area (Å²) in [5.74, 6) is 2.51. The van der Waals surface area contributed by atoms with Gasteiger partial charge in [0.2, 0.25) is 17.7 Å². The van der Waals surface area contributed by atoms with Gasteiger partial charge in [0.05, 0.1) is 18.4 Å². The zero-order valence-electron chi connectivity index (χ0n) is 22.1. The summed E-state index contributed by atoms with van der Waals surface area (Å²) in [6, 6.07) is 11.3. The van der Waals surface area contributed by atoms with E-state index in [0.29, 0.717) is 41.4 Å². The SMILES string of the molecule is CCOC(=O)c1ccc(N2CCN(CC3CCCN(c4nc(N)n5nc(-c6ccco6)nc5n4)C3)CC2)cc1. The molecule has 5 heterocycles. The predicted octanol–water partition coefficient (Wildman–Crippen LogP) is 2.58. The van der Waals surface area contributed by atoms with Gasteiger partial charge in [0.25, 0.3) is 5.78 Å². The number of aromatic nitrogens is 5. The van der Waals surface area contributed by atoms with Crippen LogP contribution in [0.5, 0.6) is 0 Å². The van der Waals surface area contributed by atoms with Crippen molar-refractivity contribution in [3.63, 3.8) is 0 Å².